The largest absolute Gasteiger partial charge is 0.380 e. The molecule has 0 aliphatic carbocycles. The smallest absolute Gasteiger partial charge is 0.257 e. The number of ether oxygens (including phenoxy) is 1. The highest BCUT2D eigenvalue weighted by Gasteiger charge is 2.30. The Kier molecular flexibility index (Phi) is 3.12. The molecule has 2 heterocycles. The van der Waals surface area contributed by atoms with E-state index >= 15 is 0 Å². The highest BCUT2D eigenvalue weighted by molar-refractivity contribution is 6.02. The van der Waals surface area contributed by atoms with Crippen LogP contribution in [0.4, 0.5) is 15.8 Å². The van der Waals surface area contributed by atoms with Crippen molar-refractivity contribution in [2.75, 3.05) is 36.5 Å². The summed E-state index contributed by atoms with van der Waals surface area (Å²) in [6, 6.07) is 2.82. The molecule has 2 aliphatic heterocycles. The van der Waals surface area contributed by atoms with Gasteiger partial charge in [0.2, 0.25) is 0 Å². The van der Waals surface area contributed by atoms with Crippen molar-refractivity contribution in [2.24, 2.45) is 0 Å². The lowest BCUT2D eigenvalue weighted by atomic mass is 10.1. The average Bonchev–Trinajstić information content (AvgIpc) is 2.63. The molecule has 0 bridgehead atoms. The van der Waals surface area contributed by atoms with Crippen LogP contribution in [0.2, 0.25) is 0 Å². The zero-order valence-corrected chi connectivity index (χ0v) is 10.4. The Morgan fingerprint density at radius 3 is 3.05 bits per heavy atom. The van der Waals surface area contributed by atoms with E-state index in [-0.39, 0.29) is 0 Å². The molecule has 0 spiro atoms. The van der Waals surface area contributed by atoms with Gasteiger partial charge in [0.05, 0.1) is 12.3 Å². The van der Waals surface area contributed by atoms with Crippen LogP contribution in [0.1, 0.15) is 18.1 Å². The van der Waals surface area contributed by atoms with Gasteiger partial charge in [0.15, 0.2) is 6.10 Å². The van der Waals surface area contributed by atoms with Gasteiger partial charge in [-0.2, -0.15) is 0 Å². The van der Waals surface area contributed by atoms with Gasteiger partial charge in [0.1, 0.15) is 5.82 Å². The Labute approximate surface area is 110 Å². The minimum Gasteiger partial charge on any atom is -0.380 e. The summed E-state index contributed by atoms with van der Waals surface area (Å²) in [5.74, 6) is -0.929. The summed E-state index contributed by atoms with van der Waals surface area (Å²) in [4.78, 5) is 13.3. The predicted molar refractivity (Wildman–Crippen MR) is 67.6 cm³/mol. The molecule has 0 aromatic heterocycles. The molecule has 2 aliphatic rings. The third-order valence-electron chi connectivity index (χ3n) is 3.48. The van der Waals surface area contributed by atoms with Crippen molar-refractivity contribution >= 4 is 17.3 Å². The zero-order chi connectivity index (χ0) is 13.4. The Balaban J connectivity index is 1.95. The highest BCUT2D eigenvalue weighted by atomic mass is 19.1. The molecule has 1 unspecified atom stereocenters. The second-order valence-electron chi connectivity index (χ2n) is 4.74. The molecule has 3 rings (SSSR count). The Hall–Kier alpha value is -1.66. The van der Waals surface area contributed by atoms with E-state index in [1.165, 1.54) is 6.07 Å². The number of carbonyl (C=O) groups is 1. The van der Waals surface area contributed by atoms with Crippen molar-refractivity contribution in [1.29, 1.82) is 0 Å². The number of nitrogens with zero attached hydrogens (tertiary/aromatic N) is 1. The number of hydrogen-bond donors (Lipinski definition) is 2. The quantitative estimate of drug-likeness (QED) is 0.797. The number of rotatable bonds is 1. The summed E-state index contributed by atoms with van der Waals surface area (Å²) in [6.45, 7) is 2.57. The van der Waals surface area contributed by atoms with E-state index in [9.17, 15) is 14.3 Å². The van der Waals surface area contributed by atoms with E-state index in [1.54, 1.807) is 6.07 Å². The molecule has 19 heavy (non-hydrogen) atoms. The number of fused-ring (bicyclic) bond motifs is 1. The molecule has 0 radical (unpaired) electrons. The van der Waals surface area contributed by atoms with Gasteiger partial charge in [-0.3, -0.25) is 4.79 Å². The maximum atomic E-state index is 14.1. The van der Waals surface area contributed by atoms with Crippen LogP contribution in [-0.2, 0) is 9.53 Å². The van der Waals surface area contributed by atoms with Crippen molar-refractivity contribution in [1.82, 2.24) is 0 Å². The van der Waals surface area contributed by atoms with Crippen LogP contribution in [0.5, 0.6) is 0 Å². The molecule has 1 fully saturated rings. The van der Waals surface area contributed by atoms with E-state index in [2.05, 4.69) is 5.32 Å². The van der Waals surface area contributed by atoms with Crippen molar-refractivity contribution < 1.29 is 19.0 Å². The Morgan fingerprint density at radius 1 is 1.37 bits per heavy atom. The fourth-order valence-electron chi connectivity index (χ4n) is 2.48. The molecule has 6 heteroatoms. The fourth-order valence-corrected chi connectivity index (χ4v) is 2.48. The van der Waals surface area contributed by atoms with Gasteiger partial charge in [0, 0.05) is 30.9 Å². The van der Waals surface area contributed by atoms with Crippen LogP contribution in [0.25, 0.3) is 0 Å². The SMILES string of the molecule is O=C1Nc2cc(N3CCCOCC3)c(F)cc2C1O. The predicted octanol–water partition coefficient (Wildman–Crippen LogP) is 1.04. The minimum absolute atomic E-state index is 0.303. The maximum Gasteiger partial charge on any atom is 0.257 e. The van der Waals surface area contributed by atoms with Crippen LogP contribution in [0, 0.1) is 5.82 Å². The van der Waals surface area contributed by atoms with Crippen molar-refractivity contribution in [2.45, 2.75) is 12.5 Å². The molecule has 102 valence electrons. The molecule has 0 saturated carbocycles. The number of aliphatic hydroxyl groups is 1. The van der Waals surface area contributed by atoms with Crippen LogP contribution < -0.4 is 10.2 Å². The summed E-state index contributed by atoms with van der Waals surface area (Å²) in [6.07, 6.45) is -0.433. The first-order chi connectivity index (χ1) is 9.16. The number of anilines is 2. The minimum atomic E-state index is -1.27. The van der Waals surface area contributed by atoms with E-state index in [0.717, 1.165) is 6.42 Å². The lowest BCUT2D eigenvalue weighted by Gasteiger charge is -2.23. The summed E-state index contributed by atoms with van der Waals surface area (Å²) >= 11 is 0. The summed E-state index contributed by atoms with van der Waals surface area (Å²) in [5, 5.41) is 12.2. The van der Waals surface area contributed by atoms with Gasteiger partial charge < -0.3 is 20.1 Å². The molecule has 1 amide bonds. The monoisotopic (exact) mass is 266 g/mol. The number of benzene rings is 1. The van der Waals surface area contributed by atoms with Gasteiger partial charge in [-0.25, -0.2) is 4.39 Å². The van der Waals surface area contributed by atoms with E-state index in [1.807, 2.05) is 4.90 Å². The molecule has 1 atom stereocenters. The van der Waals surface area contributed by atoms with Gasteiger partial charge in [0.25, 0.3) is 5.91 Å². The summed E-state index contributed by atoms with van der Waals surface area (Å²) in [7, 11) is 0. The maximum absolute atomic E-state index is 14.1. The average molecular weight is 266 g/mol. The number of amides is 1. The fraction of sp³-hybridized carbons (Fsp3) is 0.462. The van der Waals surface area contributed by atoms with E-state index < -0.39 is 17.8 Å². The third kappa shape index (κ3) is 2.17. The highest BCUT2D eigenvalue weighted by Crippen LogP contribution is 2.36. The van der Waals surface area contributed by atoms with Gasteiger partial charge in [-0.15, -0.1) is 0 Å². The molecular weight excluding hydrogens is 251 g/mol. The zero-order valence-electron chi connectivity index (χ0n) is 10.4. The van der Waals surface area contributed by atoms with Crippen LogP contribution in [0.15, 0.2) is 12.1 Å². The van der Waals surface area contributed by atoms with Gasteiger partial charge in [-0.1, -0.05) is 0 Å². The standard InChI is InChI=1S/C13H15FN2O3/c14-9-6-8-10(15-13(18)12(8)17)7-11(9)16-2-1-4-19-5-3-16/h6-7,12,17H,1-5H2,(H,15,18). The van der Waals surface area contributed by atoms with Crippen molar-refractivity contribution in [3.63, 3.8) is 0 Å². The number of nitrogens with one attached hydrogen (secondary N) is 1. The second-order valence-corrected chi connectivity index (χ2v) is 4.74. The van der Waals surface area contributed by atoms with Gasteiger partial charge >= 0.3 is 0 Å². The van der Waals surface area contributed by atoms with E-state index in [0.29, 0.717) is 43.2 Å². The number of hydrogen-bond acceptors (Lipinski definition) is 4. The van der Waals surface area contributed by atoms with Crippen LogP contribution in [0.3, 0.4) is 0 Å². The third-order valence-corrected chi connectivity index (χ3v) is 3.48. The normalized spacial score (nSPS) is 22.9. The Bertz CT molecular complexity index is 513. The second kappa shape index (κ2) is 4.79. The van der Waals surface area contributed by atoms with Crippen molar-refractivity contribution in [3.8, 4) is 0 Å². The van der Waals surface area contributed by atoms with Crippen LogP contribution >= 0.6 is 0 Å². The first-order valence-electron chi connectivity index (χ1n) is 6.32. The Morgan fingerprint density at radius 2 is 2.21 bits per heavy atom. The first-order valence-corrected chi connectivity index (χ1v) is 6.32. The first kappa shape index (κ1) is 12.4. The van der Waals surface area contributed by atoms with E-state index in [4.69, 9.17) is 4.74 Å². The molecule has 5 nitrogen and oxygen atoms in total. The number of aliphatic hydroxyl groups excluding tert-OH is 1. The lowest BCUT2D eigenvalue weighted by Crippen LogP contribution is -2.26. The van der Waals surface area contributed by atoms with Gasteiger partial charge in [-0.05, 0) is 18.6 Å². The summed E-state index contributed by atoms with van der Waals surface area (Å²) < 4.78 is 19.5. The van der Waals surface area contributed by atoms with Crippen molar-refractivity contribution in [3.05, 3.63) is 23.5 Å². The molecular formula is C13H15FN2O3. The topological polar surface area (TPSA) is 61.8 Å². The molecule has 2 N–H and O–H groups in total. The molecule has 1 aromatic carbocycles. The van der Waals surface area contributed by atoms with Crippen LogP contribution in [-0.4, -0.2) is 37.3 Å². The summed E-state index contributed by atoms with van der Waals surface area (Å²) in [5.41, 5.74) is 1.23. The lowest BCUT2D eigenvalue weighted by molar-refractivity contribution is -0.123. The number of carbonyl (C=O) groups excluding carboxylic acids is 1. The molecule has 1 saturated heterocycles. The molecule has 1 aromatic rings. The number of halogens is 1.